The summed E-state index contributed by atoms with van der Waals surface area (Å²) in [6.07, 6.45) is 0.735. The number of nitrogens with zero attached hydrogens (tertiary/aromatic N) is 2. The maximum Gasteiger partial charge on any atom is 0.263 e. The van der Waals surface area contributed by atoms with Crippen LogP contribution in [0.15, 0.2) is 30.3 Å². The Labute approximate surface area is 161 Å². The second-order valence-corrected chi connectivity index (χ2v) is 7.57. The van der Waals surface area contributed by atoms with Gasteiger partial charge in [-0.05, 0) is 23.5 Å². The third-order valence-corrected chi connectivity index (χ3v) is 5.48. The van der Waals surface area contributed by atoms with Crippen LogP contribution in [-0.2, 0) is 6.42 Å². The van der Waals surface area contributed by atoms with Crippen LogP contribution in [0.1, 0.15) is 46.1 Å². The standard InChI is InChI=1S/C20H21N5OS/c1-11(2)14-13(10-21)18(23)25-20-15(14)16(22)17(27-20)19(26)24-9-8-12-6-4-3-5-7-12/h3-7,11H,8-9,22H2,1-2H3,(H2,23,25)(H,24,26). The maximum absolute atomic E-state index is 12.6. The monoisotopic (exact) mass is 379 g/mol. The smallest absolute Gasteiger partial charge is 0.263 e. The summed E-state index contributed by atoms with van der Waals surface area (Å²) >= 11 is 1.21. The third-order valence-electron chi connectivity index (χ3n) is 4.38. The van der Waals surface area contributed by atoms with Crippen LogP contribution in [0.25, 0.3) is 10.2 Å². The van der Waals surface area contributed by atoms with Crippen LogP contribution in [0.2, 0.25) is 0 Å². The van der Waals surface area contributed by atoms with E-state index in [4.69, 9.17) is 11.5 Å². The average Bonchev–Trinajstić information content (AvgIpc) is 2.97. The predicted octanol–water partition coefficient (Wildman–Crippen LogP) is 3.43. The molecule has 0 spiro atoms. The van der Waals surface area contributed by atoms with Crippen LogP contribution in [0.3, 0.4) is 0 Å². The second-order valence-electron chi connectivity index (χ2n) is 6.57. The number of carbonyl (C=O) groups excluding carboxylic acids is 1. The Balaban J connectivity index is 1.91. The van der Waals surface area contributed by atoms with E-state index >= 15 is 0 Å². The molecule has 0 unspecified atom stereocenters. The number of nitrogen functional groups attached to an aromatic ring is 2. The molecule has 0 fully saturated rings. The van der Waals surface area contributed by atoms with Crippen molar-refractivity contribution in [3.63, 3.8) is 0 Å². The van der Waals surface area contributed by atoms with Crippen molar-refractivity contribution in [1.29, 1.82) is 5.26 Å². The Kier molecular flexibility index (Phi) is 5.28. The highest BCUT2D eigenvalue weighted by atomic mass is 32.1. The third kappa shape index (κ3) is 3.57. The number of rotatable bonds is 5. The molecule has 3 aromatic rings. The van der Waals surface area contributed by atoms with Gasteiger partial charge in [-0.2, -0.15) is 5.26 Å². The van der Waals surface area contributed by atoms with E-state index in [0.29, 0.717) is 32.9 Å². The molecule has 1 amide bonds. The fourth-order valence-electron chi connectivity index (χ4n) is 3.11. The van der Waals surface area contributed by atoms with Crippen molar-refractivity contribution in [1.82, 2.24) is 10.3 Å². The van der Waals surface area contributed by atoms with E-state index in [2.05, 4.69) is 16.4 Å². The number of benzene rings is 1. The molecule has 3 rings (SSSR count). The largest absolute Gasteiger partial charge is 0.397 e. The number of amides is 1. The summed E-state index contributed by atoms with van der Waals surface area (Å²) < 4.78 is 0. The minimum atomic E-state index is -0.238. The van der Waals surface area contributed by atoms with Crippen LogP contribution in [-0.4, -0.2) is 17.4 Å². The molecular weight excluding hydrogens is 358 g/mol. The molecule has 2 heterocycles. The number of pyridine rings is 1. The molecule has 0 radical (unpaired) electrons. The van der Waals surface area contributed by atoms with Crippen molar-refractivity contribution in [3.8, 4) is 6.07 Å². The highest BCUT2D eigenvalue weighted by molar-refractivity contribution is 7.21. The SMILES string of the molecule is CC(C)c1c(C#N)c(N)nc2sc(C(=O)NCCc3ccccc3)c(N)c12. The number of nitriles is 1. The van der Waals surface area contributed by atoms with Gasteiger partial charge in [0.15, 0.2) is 0 Å². The lowest BCUT2D eigenvalue weighted by Crippen LogP contribution is -2.25. The lowest BCUT2D eigenvalue weighted by atomic mass is 9.95. The van der Waals surface area contributed by atoms with Crippen LogP contribution in [0.5, 0.6) is 0 Å². The van der Waals surface area contributed by atoms with E-state index in [0.717, 1.165) is 17.5 Å². The molecule has 0 bridgehead atoms. The number of nitrogens with one attached hydrogen (secondary N) is 1. The molecule has 27 heavy (non-hydrogen) atoms. The number of thiophene rings is 1. The number of aromatic nitrogens is 1. The van der Waals surface area contributed by atoms with E-state index < -0.39 is 0 Å². The molecule has 0 saturated carbocycles. The van der Waals surface area contributed by atoms with E-state index in [-0.39, 0.29) is 17.6 Å². The first-order valence-electron chi connectivity index (χ1n) is 8.67. The summed E-state index contributed by atoms with van der Waals surface area (Å²) in [6.45, 7) is 4.43. The Morgan fingerprint density at radius 1 is 1.30 bits per heavy atom. The van der Waals surface area contributed by atoms with Crippen molar-refractivity contribution in [3.05, 3.63) is 51.9 Å². The number of hydrogen-bond donors (Lipinski definition) is 3. The highest BCUT2D eigenvalue weighted by Gasteiger charge is 2.24. The molecule has 0 saturated heterocycles. The molecule has 5 N–H and O–H groups in total. The van der Waals surface area contributed by atoms with Crippen molar-refractivity contribution in [2.24, 2.45) is 0 Å². The van der Waals surface area contributed by atoms with Gasteiger partial charge < -0.3 is 16.8 Å². The first kappa shape index (κ1) is 18.7. The van der Waals surface area contributed by atoms with E-state index in [1.807, 2.05) is 44.2 Å². The number of anilines is 2. The molecule has 0 aliphatic rings. The summed E-state index contributed by atoms with van der Waals surface area (Å²) in [5, 5.41) is 13.0. The number of nitrogens with two attached hydrogens (primary N) is 2. The lowest BCUT2D eigenvalue weighted by molar-refractivity contribution is 0.0959. The van der Waals surface area contributed by atoms with Crippen LogP contribution in [0.4, 0.5) is 11.5 Å². The minimum Gasteiger partial charge on any atom is -0.397 e. The fraction of sp³-hybridized carbons (Fsp3) is 0.250. The summed E-state index contributed by atoms with van der Waals surface area (Å²) in [6, 6.07) is 12.1. The molecule has 2 aromatic heterocycles. The molecule has 0 aliphatic heterocycles. The molecule has 7 heteroatoms. The van der Waals surface area contributed by atoms with Gasteiger partial charge in [-0.3, -0.25) is 4.79 Å². The van der Waals surface area contributed by atoms with Gasteiger partial charge in [0.05, 0.1) is 11.3 Å². The van der Waals surface area contributed by atoms with Crippen LogP contribution in [0, 0.1) is 11.3 Å². The van der Waals surface area contributed by atoms with E-state index in [1.54, 1.807) is 0 Å². The van der Waals surface area contributed by atoms with E-state index in [9.17, 15) is 10.1 Å². The van der Waals surface area contributed by atoms with Crippen LogP contribution < -0.4 is 16.8 Å². The first-order chi connectivity index (χ1) is 12.9. The molecule has 6 nitrogen and oxygen atoms in total. The van der Waals surface area contributed by atoms with Gasteiger partial charge in [-0.25, -0.2) is 4.98 Å². The van der Waals surface area contributed by atoms with Gasteiger partial charge in [-0.1, -0.05) is 44.2 Å². The molecule has 1 aromatic carbocycles. The molecule has 138 valence electrons. The molecule has 0 atom stereocenters. The van der Waals surface area contributed by atoms with Crippen molar-refractivity contribution in [2.45, 2.75) is 26.2 Å². The average molecular weight is 379 g/mol. The van der Waals surface area contributed by atoms with Gasteiger partial charge in [0.25, 0.3) is 5.91 Å². The highest BCUT2D eigenvalue weighted by Crippen LogP contribution is 2.40. The summed E-state index contributed by atoms with van der Waals surface area (Å²) in [4.78, 5) is 17.9. The second kappa shape index (κ2) is 7.64. The van der Waals surface area contributed by atoms with Gasteiger partial charge in [-0.15, -0.1) is 11.3 Å². The van der Waals surface area contributed by atoms with Gasteiger partial charge in [0.1, 0.15) is 21.6 Å². The lowest BCUT2D eigenvalue weighted by Gasteiger charge is -2.12. The Morgan fingerprint density at radius 2 is 2.00 bits per heavy atom. The fourth-order valence-corrected chi connectivity index (χ4v) is 4.14. The molecular formula is C20H21N5OS. The number of carbonyl (C=O) groups is 1. The summed E-state index contributed by atoms with van der Waals surface area (Å²) in [5.74, 6) is -0.0393. The summed E-state index contributed by atoms with van der Waals surface area (Å²) in [5.41, 5.74) is 14.8. The zero-order valence-corrected chi connectivity index (χ0v) is 16.1. The van der Waals surface area contributed by atoms with Gasteiger partial charge in [0, 0.05) is 11.9 Å². The van der Waals surface area contributed by atoms with Crippen LogP contribution >= 0.6 is 11.3 Å². The minimum absolute atomic E-state index is 0.0262. The van der Waals surface area contributed by atoms with Crippen molar-refractivity contribution < 1.29 is 4.79 Å². The number of fused-ring (bicyclic) bond motifs is 1. The van der Waals surface area contributed by atoms with Crippen molar-refractivity contribution in [2.75, 3.05) is 18.0 Å². The quantitative estimate of drug-likeness (QED) is 0.628. The zero-order valence-electron chi connectivity index (χ0n) is 15.2. The Hall–Kier alpha value is -3.11. The Morgan fingerprint density at radius 3 is 2.63 bits per heavy atom. The zero-order chi connectivity index (χ0) is 19.6. The topological polar surface area (TPSA) is 118 Å². The predicted molar refractivity (Wildman–Crippen MR) is 110 cm³/mol. The van der Waals surface area contributed by atoms with Gasteiger partial charge >= 0.3 is 0 Å². The van der Waals surface area contributed by atoms with Gasteiger partial charge in [0.2, 0.25) is 0 Å². The summed E-state index contributed by atoms with van der Waals surface area (Å²) in [7, 11) is 0. The number of hydrogen-bond acceptors (Lipinski definition) is 6. The first-order valence-corrected chi connectivity index (χ1v) is 9.49. The van der Waals surface area contributed by atoms with E-state index in [1.165, 1.54) is 11.3 Å². The molecule has 0 aliphatic carbocycles. The Bertz CT molecular complexity index is 1030. The van der Waals surface area contributed by atoms with Crippen molar-refractivity contribution >= 4 is 39.0 Å². The normalized spacial score (nSPS) is 10.9. The maximum atomic E-state index is 12.6.